The fraction of sp³-hybridized carbons (Fsp3) is 0.692. The zero-order valence-electron chi connectivity index (χ0n) is 11.8. The van der Waals surface area contributed by atoms with Crippen molar-refractivity contribution < 1.29 is 4.74 Å². The summed E-state index contributed by atoms with van der Waals surface area (Å²) in [7, 11) is 1.72. The fourth-order valence-corrected chi connectivity index (χ4v) is 1.72. The summed E-state index contributed by atoms with van der Waals surface area (Å²) in [5, 5.41) is 3.18. The smallest absolute Gasteiger partial charge is 0.149 e. The Kier molecular flexibility index (Phi) is 6.43. The molecule has 0 spiro atoms. The van der Waals surface area contributed by atoms with Crippen molar-refractivity contribution in [1.29, 1.82) is 0 Å². The number of hydrogen-bond donors (Lipinski definition) is 1. The lowest BCUT2D eigenvalue weighted by Crippen LogP contribution is -2.31. The van der Waals surface area contributed by atoms with E-state index < -0.39 is 0 Å². The Bertz CT molecular complexity index is 344. The van der Waals surface area contributed by atoms with Gasteiger partial charge < -0.3 is 15.0 Å². The molecule has 0 fully saturated rings. The Hall–Kier alpha value is -1.36. The van der Waals surface area contributed by atoms with Gasteiger partial charge in [-0.15, -0.1) is 0 Å². The predicted molar refractivity (Wildman–Crippen MR) is 75.1 cm³/mol. The first kappa shape index (κ1) is 14.7. The van der Waals surface area contributed by atoms with Crippen LogP contribution < -0.4 is 10.2 Å². The largest absolute Gasteiger partial charge is 0.383 e. The number of aromatic nitrogens is 2. The van der Waals surface area contributed by atoms with Crippen molar-refractivity contribution in [2.75, 3.05) is 43.6 Å². The van der Waals surface area contributed by atoms with Crippen LogP contribution in [0, 0.1) is 5.92 Å². The van der Waals surface area contributed by atoms with Gasteiger partial charge in [-0.05, 0) is 12.8 Å². The summed E-state index contributed by atoms with van der Waals surface area (Å²) in [6, 6.07) is 0. The van der Waals surface area contributed by atoms with E-state index in [0.29, 0.717) is 12.5 Å². The van der Waals surface area contributed by atoms with Crippen LogP contribution in [0.2, 0.25) is 0 Å². The highest BCUT2D eigenvalue weighted by Crippen LogP contribution is 2.14. The first-order valence-corrected chi connectivity index (χ1v) is 6.47. The van der Waals surface area contributed by atoms with E-state index in [1.165, 1.54) is 0 Å². The zero-order chi connectivity index (χ0) is 13.4. The second kappa shape index (κ2) is 7.87. The van der Waals surface area contributed by atoms with Gasteiger partial charge in [0.05, 0.1) is 19.0 Å². The molecule has 102 valence electrons. The molecule has 1 aromatic rings. The summed E-state index contributed by atoms with van der Waals surface area (Å²) >= 11 is 0. The molecule has 0 radical (unpaired) electrons. The Morgan fingerprint density at radius 1 is 1.39 bits per heavy atom. The standard InChI is InChI=1S/C13H24N4O/c1-5-15-12-8-14-9-13(16-12)17(6-7-18-4)10-11(2)3/h8-9,11H,5-7,10H2,1-4H3,(H,15,16). The zero-order valence-corrected chi connectivity index (χ0v) is 11.8. The van der Waals surface area contributed by atoms with Crippen molar-refractivity contribution in [2.45, 2.75) is 20.8 Å². The highest BCUT2D eigenvalue weighted by Gasteiger charge is 2.10. The van der Waals surface area contributed by atoms with E-state index in [9.17, 15) is 0 Å². The number of nitrogens with one attached hydrogen (secondary N) is 1. The number of rotatable bonds is 8. The maximum absolute atomic E-state index is 5.15. The second-order valence-corrected chi connectivity index (χ2v) is 4.63. The van der Waals surface area contributed by atoms with Crippen molar-refractivity contribution in [1.82, 2.24) is 9.97 Å². The van der Waals surface area contributed by atoms with Gasteiger partial charge in [0, 0.05) is 26.7 Å². The summed E-state index contributed by atoms with van der Waals surface area (Å²) < 4.78 is 5.15. The molecular formula is C13H24N4O. The topological polar surface area (TPSA) is 50.3 Å². The van der Waals surface area contributed by atoms with Crippen molar-refractivity contribution >= 4 is 11.6 Å². The molecule has 0 saturated carbocycles. The lowest BCUT2D eigenvalue weighted by Gasteiger charge is -2.25. The molecule has 5 nitrogen and oxygen atoms in total. The fourth-order valence-electron chi connectivity index (χ4n) is 1.72. The van der Waals surface area contributed by atoms with Gasteiger partial charge in [0.2, 0.25) is 0 Å². The van der Waals surface area contributed by atoms with E-state index in [2.05, 4.69) is 34.0 Å². The molecule has 1 rings (SSSR count). The summed E-state index contributed by atoms with van der Waals surface area (Å²) in [6.45, 7) is 9.76. The van der Waals surface area contributed by atoms with Gasteiger partial charge in [0.1, 0.15) is 11.6 Å². The van der Waals surface area contributed by atoms with E-state index in [1.54, 1.807) is 19.5 Å². The predicted octanol–water partition coefficient (Wildman–Crippen LogP) is 2.02. The van der Waals surface area contributed by atoms with Crippen LogP contribution in [-0.4, -0.2) is 43.3 Å². The van der Waals surface area contributed by atoms with Gasteiger partial charge in [-0.2, -0.15) is 0 Å². The Balaban J connectivity index is 2.78. The highest BCUT2D eigenvalue weighted by molar-refractivity contribution is 5.43. The lowest BCUT2D eigenvalue weighted by atomic mass is 10.2. The molecular weight excluding hydrogens is 228 g/mol. The van der Waals surface area contributed by atoms with Crippen molar-refractivity contribution in [3.8, 4) is 0 Å². The first-order valence-electron chi connectivity index (χ1n) is 6.47. The summed E-state index contributed by atoms with van der Waals surface area (Å²) in [5.41, 5.74) is 0. The van der Waals surface area contributed by atoms with Gasteiger partial charge in [-0.3, -0.25) is 4.98 Å². The maximum atomic E-state index is 5.15. The molecule has 0 atom stereocenters. The third-order valence-corrected chi connectivity index (χ3v) is 2.45. The molecule has 1 N–H and O–H groups in total. The van der Waals surface area contributed by atoms with Crippen LogP contribution in [0.1, 0.15) is 20.8 Å². The highest BCUT2D eigenvalue weighted by atomic mass is 16.5. The SMILES string of the molecule is CCNc1cncc(N(CCOC)CC(C)C)n1. The first-order chi connectivity index (χ1) is 8.67. The lowest BCUT2D eigenvalue weighted by molar-refractivity contribution is 0.204. The quantitative estimate of drug-likeness (QED) is 0.767. The molecule has 1 heterocycles. The molecule has 0 aliphatic heterocycles. The van der Waals surface area contributed by atoms with Crippen LogP contribution in [0.3, 0.4) is 0 Å². The van der Waals surface area contributed by atoms with Crippen LogP contribution in [0.15, 0.2) is 12.4 Å². The second-order valence-electron chi connectivity index (χ2n) is 4.63. The molecule has 0 saturated heterocycles. The van der Waals surface area contributed by atoms with Crippen molar-refractivity contribution in [3.63, 3.8) is 0 Å². The molecule has 0 aliphatic rings. The molecule has 1 aromatic heterocycles. The summed E-state index contributed by atoms with van der Waals surface area (Å²) in [5.74, 6) is 2.30. The van der Waals surface area contributed by atoms with Crippen LogP contribution in [0.25, 0.3) is 0 Å². The third kappa shape index (κ3) is 4.87. The molecule has 0 aromatic carbocycles. The van der Waals surface area contributed by atoms with Crippen molar-refractivity contribution in [3.05, 3.63) is 12.4 Å². The number of nitrogens with zero attached hydrogens (tertiary/aromatic N) is 3. The monoisotopic (exact) mass is 252 g/mol. The maximum Gasteiger partial charge on any atom is 0.149 e. The molecule has 0 bridgehead atoms. The minimum Gasteiger partial charge on any atom is -0.383 e. The molecule has 5 heteroatoms. The van der Waals surface area contributed by atoms with E-state index in [4.69, 9.17) is 4.74 Å². The van der Waals surface area contributed by atoms with Gasteiger partial charge in [-0.25, -0.2) is 4.98 Å². The Morgan fingerprint density at radius 3 is 2.78 bits per heavy atom. The molecule has 0 aliphatic carbocycles. The summed E-state index contributed by atoms with van der Waals surface area (Å²) in [6.07, 6.45) is 3.55. The van der Waals surface area contributed by atoms with E-state index >= 15 is 0 Å². The van der Waals surface area contributed by atoms with E-state index in [0.717, 1.165) is 31.3 Å². The molecule has 0 unspecified atom stereocenters. The van der Waals surface area contributed by atoms with Gasteiger partial charge in [0.25, 0.3) is 0 Å². The Morgan fingerprint density at radius 2 is 2.17 bits per heavy atom. The average Bonchev–Trinajstić information content (AvgIpc) is 2.35. The average molecular weight is 252 g/mol. The number of methoxy groups -OCH3 is 1. The van der Waals surface area contributed by atoms with E-state index in [1.807, 2.05) is 6.92 Å². The van der Waals surface area contributed by atoms with Gasteiger partial charge >= 0.3 is 0 Å². The van der Waals surface area contributed by atoms with Crippen LogP contribution >= 0.6 is 0 Å². The molecule has 0 amide bonds. The van der Waals surface area contributed by atoms with Crippen LogP contribution in [0.4, 0.5) is 11.6 Å². The Labute approximate surface area is 110 Å². The molecule has 18 heavy (non-hydrogen) atoms. The normalized spacial score (nSPS) is 10.7. The number of hydrogen-bond acceptors (Lipinski definition) is 5. The third-order valence-electron chi connectivity index (χ3n) is 2.45. The van der Waals surface area contributed by atoms with Crippen molar-refractivity contribution in [2.24, 2.45) is 5.92 Å². The van der Waals surface area contributed by atoms with Gasteiger partial charge in [-0.1, -0.05) is 13.8 Å². The van der Waals surface area contributed by atoms with Crippen LogP contribution in [0.5, 0.6) is 0 Å². The minimum absolute atomic E-state index is 0.575. The number of anilines is 2. The number of ether oxygens (including phenoxy) is 1. The van der Waals surface area contributed by atoms with Gasteiger partial charge in [0.15, 0.2) is 0 Å². The van der Waals surface area contributed by atoms with Crippen LogP contribution in [-0.2, 0) is 4.74 Å². The van der Waals surface area contributed by atoms with E-state index in [-0.39, 0.29) is 0 Å². The minimum atomic E-state index is 0.575. The summed E-state index contributed by atoms with van der Waals surface area (Å²) in [4.78, 5) is 11.0.